The first-order valence-electron chi connectivity index (χ1n) is 19.2. The summed E-state index contributed by atoms with van der Waals surface area (Å²) in [6.45, 7) is 0. The summed E-state index contributed by atoms with van der Waals surface area (Å²) in [5.41, 5.74) is 10.1. The van der Waals surface area contributed by atoms with Crippen LogP contribution >= 0.6 is 11.3 Å². The quantitative estimate of drug-likeness (QED) is 0.160. The molecule has 0 saturated heterocycles. The van der Waals surface area contributed by atoms with Crippen molar-refractivity contribution in [2.75, 3.05) is 0 Å². The predicted molar refractivity (Wildman–Crippen MR) is 222 cm³/mol. The largest absolute Gasteiger partial charge is 0.134 e. The average Bonchev–Trinajstić information content (AvgIpc) is 3.63. The predicted octanol–water partition coefficient (Wildman–Crippen LogP) is 14.7. The second-order valence-electron chi connectivity index (χ2n) is 12.9. The van der Waals surface area contributed by atoms with Crippen molar-refractivity contribution in [1.29, 1.82) is 0 Å². The molecule has 0 spiro atoms. The van der Waals surface area contributed by atoms with Crippen molar-refractivity contribution in [3.8, 4) is 54.9 Å². The number of hydrogen-bond donors (Lipinski definition) is 0. The van der Waals surface area contributed by atoms with Gasteiger partial charge in [0, 0.05) is 26.1 Å². The summed E-state index contributed by atoms with van der Waals surface area (Å²) in [6.07, 6.45) is 0. The number of rotatable bonds is 5. The van der Waals surface area contributed by atoms with Crippen LogP contribution in [0.25, 0.3) is 97.4 Å². The van der Waals surface area contributed by atoms with Gasteiger partial charge in [0.1, 0.15) is 0 Å². The first-order valence-corrected chi connectivity index (χ1v) is 18.0. The van der Waals surface area contributed by atoms with Crippen LogP contribution in [-0.2, 0) is 0 Å². The molecule has 1 heteroatoms. The van der Waals surface area contributed by atoms with E-state index < -0.39 is 0 Å². The molecule has 0 bridgehead atoms. The summed E-state index contributed by atoms with van der Waals surface area (Å²) in [7, 11) is 0. The summed E-state index contributed by atoms with van der Waals surface area (Å²) < 4.78 is 35.2. The summed E-state index contributed by atoms with van der Waals surface area (Å²) >= 11 is 1.77. The van der Waals surface area contributed by atoms with E-state index in [1.807, 2.05) is 18.2 Å². The van der Waals surface area contributed by atoms with E-state index in [1.54, 1.807) is 11.3 Å². The van der Waals surface area contributed by atoms with Crippen molar-refractivity contribution >= 4 is 53.7 Å². The minimum absolute atomic E-state index is 0.0164. The molecule has 9 aromatic carbocycles. The molecule has 0 atom stereocenters. The van der Waals surface area contributed by atoms with Gasteiger partial charge in [0.2, 0.25) is 0 Å². The molecule has 0 fully saturated rings. The minimum atomic E-state index is -0.218. The third kappa shape index (κ3) is 5.05. The molecule has 0 aliphatic carbocycles. The van der Waals surface area contributed by atoms with Crippen LogP contribution in [0.15, 0.2) is 194 Å². The van der Waals surface area contributed by atoms with Gasteiger partial charge in [-0.15, -0.1) is 11.3 Å². The van der Waals surface area contributed by atoms with E-state index in [2.05, 4.69) is 152 Å². The Morgan fingerprint density at radius 3 is 1.43 bits per heavy atom. The first-order chi connectivity index (χ1) is 27.0. The highest BCUT2D eigenvalue weighted by atomic mass is 32.1. The van der Waals surface area contributed by atoms with E-state index in [0.717, 1.165) is 69.9 Å². The van der Waals surface area contributed by atoms with Crippen molar-refractivity contribution in [3.05, 3.63) is 194 Å². The molecule has 10 rings (SSSR count). The smallest absolute Gasteiger partial charge is 0.0629 e. The highest BCUT2D eigenvalue weighted by Gasteiger charge is 2.23. The normalized spacial score (nSPS) is 12.6. The average molecular weight is 669 g/mol. The van der Waals surface area contributed by atoms with Crippen molar-refractivity contribution in [3.63, 3.8) is 0 Å². The fraction of sp³-hybridized carbons (Fsp3) is 0. The van der Waals surface area contributed by atoms with Gasteiger partial charge in [0.05, 0.1) is 5.48 Å². The lowest BCUT2D eigenvalue weighted by atomic mass is 9.84. The first kappa shape index (κ1) is 25.7. The van der Waals surface area contributed by atoms with Gasteiger partial charge in [0.15, 0.2) is 0 Å². The Labute approximate surface area is 307 Å². The Bertz CT molecular complexity index is 3010. The zero-order chi connectivity index (χ0) is 37.2. The van der Waals surface area contributed by atoms with Gasteiger partial charge >= 0.3 is 0 Å². The maximum Gasteiger partial charge on any atom is 0.0629 e. The lowest BCUT2D eigenvalue weighted by Gasteiger charge is -2.19. The Balaban J connectivity index is 1.29. The second kappa shape index (κ2) is 12.2. The van der Waals surface area contributed by atoms with Crippen molar-refractivity contribution in [2.24, 2.45) is 0 Å². The second-order valence-corrected chi connectivity index (χ2v) is 14.0. The molecule has 0 aliphatic rings. The SMILES string of the molecule is [2H]c1c([2H])c([2H])c2cc(-c3c(-c4c5ccccc5c(-c5cc(-c6ccccc6)cc(-c6ccccc6)c5)c5ccccc45)sc4ccccc34)ccc2c1[2H]. The molecule has 51 heavy (non-hydrogen) atoms. The van der Waals surface area contributed by atoms with Crippen molar-refractivity contribution < 1.29 is 5.48 Å². The van der Waals surface area contributed by atoms with Crippen molar-refractivity contribution in [2.45, 2.75) is 0 Å². The molecule has 0 aliphatic heterocycles. The summed E-state index contributed by atoms with van der Waals surface area (Å²) in [5.74, 6) is 0. The highest BCUT2D eigenvalue weighted by molar-refractivity contribution is 7.23. The molecule has 0 unspecified atom stereocenters. The van der Waals surface area contributed by atoms with Gasteiger partial charge in [-0.1, -0.05) is 164 Å². The van der Waals surface area contributed by atoms with Gasteiger partial charge in [-0.05, 0) is 102 Å². The van der Waals surface area contributed by atoms with E-state index in [-0.39, 0.29) is 24.2 Å². The lowest BCUT2D eigenvalue weighted by molar-refractivity contribution is 1.58. The fourth-order valence-electron chi connectivity index (χ4n) is 7.67. The molecule has 1 heterocycles. The molecule has 10 aromatic rings. The molecule has 238 valence electrons. The van der Waals surface area contributed by atoms with Crippen LogP contribution in [0.4, 0.5) is 0 Å². The molecule has 1 aromatic heterocycles. The fourth-order valence-corrected chi connectivity index (χ4v) is 8.97. The van der Waals surface area contributed by atoms with E-state index in [4.69, 9.17) is 5.48 Å². The molecule has 0 saturated carbocycles. The van der Waals surface area contributed by atoms with Gasteiger partial charge < -0.3 is 0 Å². The maximum atomic E-state index is 8.80. The van der Waals surface area contributed by atoms with E-state index in [0.29, 0.717) is 10.8 Å². The highest BCUT2D eigenvalue weighted by Crippen LogP contribution is 2.52. The molecule has 0 radical (unpaired) electrons. The van der Waals surface area contributed by atoms with Crippen molar-refractivity contribution in [1.82, 2.24) is 0 Å². The van der Waals surface area contributed by atoms with Crippen LogP contribution in [0.1, 0.15) is 5.48 Å². The van der Waals surface area contributed by atoms with E-state index in [9.17, 15) is 0 Å². The van der Waals surface area contributed by atoms with Crippen LogP contribution in [0.3, 0.4) is 0 Å². The molecule has 0 amide bonds. The topological polar surface area (TPSA) is 0 Å². The minimum Gasteiger partial charge on any atom is -0.134 e. The summed E-state index contributed by atoms with van der Waals surface area (Å²) in [4.78, 5) is 1.13. The third-order valence-electron chi connectivity index (χ3n) is 9.96. The number of thiophene rings is 1. The van der Waals surface area contributed by atoms with Gasteiger partial charge in [-0.25, -0.2) is 0 Å². The van der Waals surface area contributed by atoms with Gasteiger partial charge in [0.25, 0.3) is 0 Å². The van der Waals surface area contributed by atoms with Crippen LogP contribution in [0.2, 0.25) is 0 Å². The zero-order valence-corrected chi connectivity index (χ0v) is 28.4. The number of hydrogen-bond acceptors (Lipinski definition) is 1. The van der Waals surface area contributed by atoms with Crippen LogP contribution in [0, 0.1) is 0 Å². The molecular weight excluding hydrogens is 633 g/mol. The lowest BCUT2D eigenvalue weighted by Crippen LogP contribution is -1.92. The third-order valence-corrected chi connectivity index (χ3v) is 11.1. The molecule has 0 nitrogen and oxygen atoms in total. The Kier molecular flexibility index (Phi) is 6.16. The van der Waals surface area contributed by atoms with Gasteiger partial charge in [-0.3, -0.25) is 0 Å². The maximum absolute atomic E-state index is 8.80. The number of fused-ring (bicyclic) bond motifs is 4. The Morgan fingerprint density at radius 2 is 0.824 bits per heavy atom. The Morgan fingerprint density at radius 1 is 0.333 bits per heavy atom. The molecule has 0 N–H and O–H groups in total. The number of benzene rings is 9. The van der Waals surface area contributed by atoms with Gasteiger partial charge in [-0.2, -0.15) is 0 Å². The summed E-state index contributed by atoms with van der Waals surface area (Å²) in [6, 6.07) is 59.4. The van der Waals surface area contributed by atoms with E-state index in [1.165, 1.54) is 16.7 Å². The molecular formula is C50H32S. The Hall–Kier alpha value is -6.28. The van der Waals surface area contributed by atoms with Crippen LogP contribution in [-0.4, -0.2) is 0 Å². The standard InChI is InChI=1S/C50H32S/c1-3-15-33(16-4-1)38-30-39(34-17-5-2-6-18-34)32-40(31-38)47-41-21-9-11-23-43(41)49(44-24-12-10-22-42(44)47)50-48(45-25-13-14-26-46(45)51-50)37-28-27-35-19-7-8-20-36(35)29-37/h1-32H/i7D,8D,19D,20D. The monoisotopic (exact) mass is 668 g/mol. The van der Waals surface area contributed by atoms with Crippen LogP contribution in [0.5, 0.6) is 0 Å². The zero-order valence-electron chi connectivity index (χ0n) is 31.6. The summed E-state index contributed by atoms with van der Waals surface area (Å²) in [5, 5.41) is 6.78. The van der Waals surface area contributed by atoms with Crippen LogP contribution < -0.4 is 0 Å². The van der Waals surface area contributed by atoms with E-state index >= 15 is 0 Å².